The minimum absolute atomic E-state index is 0.285. The molecule has 0 fully saturated rings. The van der Waals surface area contributed by atoms with Crippen molar-refractivity contribution in [1.82, 2.24) is 10.3 Å². The van der Waals surface area contributed by atoms with E-state index in [9.17, 15) is 8.42 Å². The third kappa shape index (κ3) is 2.46. The van der Waals surface area contributed by atoms with Crippen LogP contribution in [0.5, 0.6) is 0 Å². The number of halogens is 1. The Balaban J connectivity index is 2.89. The third-order valence-electron chi connectivity index (χ3n) is 1.28. The van der Waals surface area contributed by atoms with Gasteiger partial charge in [-0.05, 0) is 6.42 Å². The van der Waals surface area contributed by atoms with Crippen LogP contribution in [-0.2, 0) is 21.2 Å². The molecule has 68 valence electrons. The molecular formula is C5H7ClN2O3S. The Labute approximate surface area is 74.1 Å². The number of hydrogen-bond donors (Lipinski definition) is 0. The Kier molecular flexibility index (Phi) is 2.69. The van der Waals surface area contributed by atoms with Gasteiger partial charge in [0.2, 0.25) is 9.05 Å². The highest BCUT2D eigenvalue weighted by Gasteiger charge is 2.15. The molecule has 7 heteroatoms. The van der Waals surface area contributed by atoms with Crippen LogP contribution in [0.2, 0.25) is 0 Å². The standard InChI is InChI=1S/C5H7ClN2O3S/c1-2-4-5(8-11-7-4)3-12(6,9)10/h2-3H2,1H3. The molecule has 1 aromatic heterocycles. The molecule has 0 aliphatic heterocycles. The second-order valence-electron chi connectivity index (χ2n) is 2.19. The van der Waals surface area contributed by atoms with E-state index in [1.54, 1.807) is 0 Å². The van der Waals surface area contributed by atoms with Crippen LogP contribution in [0.3, 0.4) is 0 Å². The predicted octanol–water partition coefficient (Wildman–Crippen LogP) is 0.701. The molecule has 1 aromatic rings. The Bertz CT molecular complexity index is 359. The van der Waals surface area contributed by atoms with Gasteiger partial charge in [-0.1, -0.05) is 17.2 Å². The first kappa shape index (κ1) is 9.47. The Morgan fingerprint density at radius 2 is 2.00 bits per heavy atom. The van der Waals surface area contributed by atoms with E-state index in [-0.39, 0.29) is 11.4 Å². The van der Waals surface area contributed by atoms with Gasteiger partial charge in [0, 0.05) is 10.7 Å². The lowest BCUT2D eigenvalue weighted by Crippen LogP contribution is -1.98. The maximum absolute atomic E-state index is 10.6. The molecule has 0 radical (unpaired) electrons. The Hall–Kier alpha value is -0.620. The van der Waals surface area contributed by atoms with E-state index in [0.29, 0.717) is 12.1 Å². The molecule has 0 saturated heterocycles. The number of aromatic nitrogens is 2. The summed E-state index contributed by atoms with van der Waals surface area (Å²) in [6.45, 7) is 1.82. The average Bonchev–Trinajstić information content (AvgIpc) is 2.31. The summed E-state index contributed by atoms with van der Waals surface area (Å²) in [5, 5.41) is 6.93. The predicted molar refractivity (Wildman–Crippen MR) is 42.2 cm³/mol. The fraction of sp³-hybridized carbons (Fsp3) is 0.600. The normalized spacial score (nSPS) is 11.8. The molecule has 0 unspecified atom stereocenters. The van der Waals surface area contributed by atoms with E-state index in [1.807, 2.05) is 6.92 Å². The number of aryl methyl sites for hydroxylation is 1. The van der Waals surface area contributed by atoms with Crippen LogP contribution in [0, 0.1) is 0 Å². The molecule has 0 N–H and O–H groups in total. The first-order valence-electron chi connectivity index (χ1n) is 3.25. The summed E-state index contributed by atoms with van der Waals surface area (Å²) in [7, 11) is 1.45. The van der Waals surface area contributed by atoms with Crippen LogP contribution in [0.25, 0.3) is 0 Å². The molecule has 0 aromatic carbocycles. The highest BCUT2D eigenvalue weighted by molar-refractivity contribution is 8.13. The van der Waals surface area contributed by atoms with Crippen LogP contribution in [0.4, 0.5) is 0 Å². The van der Waals surface area contributed by atoms with E-state index in [2.05, 4.69) is 14.9 Å². The van der Waals surface area contributed by atoms with E-state index in [0.717, 1.165) is 0 Å². The molecule has 0 spiro atoms. The van der Waals surface area contributed by atoms with Gasteiger partial charge in [0.05, 0.1) is 0 Å². The van der Waals surface area contributed by atoms with Crippen molar-refractivity contribution >= 4 is 19.7 Å². The summed E-state index contributed by atoms with van der Waals surface area (Å²) >= 11 is 0. The molecule has 1 rings (SSSR count). The fourth-order valence-corrected chi connectivity index (χ4v) is 1.62. The molecule has 1 heterocycles. The molecule has 5 nitrogen and oxygen atoms in total. The van der Waals surface area contributed by atoms with Crippen LogP contribution in [-0.4, -0.2) is 18.7 Å². The van der Waals surface area contributed by atoms with Crippen molar-refractivity contribution in [2.75, 3.05) is 0 Å². The summed E-state index contributed by atoms with van der Waals surface area (Å²) < 4.78 is 25.6. The summed E-state index contributed by atoms with van der Waals surface area (Å²) in [6.07, 6.45) is 0.575. The SMILES string of the molecule is CCc1nonc1CS(=O)(=O)Cl. The molecule has 0 bridgehead atoms. The van der Waals surface area contributed by atoms with Gasteiger partial charge >= 0.3 is 0 Å². The molecule has 0 amide bonds. The van der Waals surface area contributed by atoms with E-state index >= 15 is 0 Å². The van der Waals surface area contributed by atoms with Gasteiger partial charge in [0.1, 0.15) is 17.1 Å². The van der Waals surface area contributed by atoms with Crippen LogP contribution < -0.4 is 0 Å². The molecule has 0 aliphatic carbocycles. The topological polar surface area (TPSA) is 73.1 Å². The van der Waals surface area contributed by atoms with Crippen molar-refractivity contribution < 1.29 is 13.0 Å². The monoisotopic (exact) mass is 210 g/mol. The lowest BCUT2D eigenvalue weighted by atomic mass is 10.3. The Morgan fingerprint density at radius 3 is 2.50 bits per heavy atom. The average molecular weight is 211 g/mol. The van der Waals surface area contributed by atoms with Gasteiger partial charge in [-0.25, -0.2) is 13.0 Å². The van der Waals surface area contributed by atoms with Crippen molar-refractivity contribution in [1.29, 1.82) is 0 Å². The van der Waals surface area contributed by atoms with Crippen LogP contribution in [0.15, 0.2) is 4.63 Å². The van der Waals surface area contributed by atoms with Gasteiger partial charge in [0.25, 0.3) is 0 Å². The smallest absolute Gasteiger partial charge is 0.238 e. The summed E-state index contributed by atoms with van der Waals surface area (Å²) in [5.74, 6) is -0.332. The zero-order valence-electron chi connectivity index (χ0n) is 6.32. The van der Waals surface area contributed by atoms with Crippen molar-refractivity contribution in [2.24, 2.45) is 0 Å². The van der Waals surface area contributed by atoms with Gasteiger partial charge in [-0.3, -0.25) is 0 Å². The lowest BCUT2D eigenvalue weighted by Gasteiger charge is -1.91. The van der Waals surface area contributed by atoms with Crippen LogP contribution >= 0.6 is 10.7 Å². The first-order valence-corrected chi connectivity index (χ1v) is 5.73. The molecule has 0 aliphatic rings. The second kappa shape index (κ2) is 3.40. The van der Waals surface area contributed by atoms with Crippen molar-refractivity contribution in [3.8, 4) is 0 Å². The molecule has 0 atom stereocenters. The van der Waals surface area contributed by atoms with Crippen molar-refractivity contribution in [3.63, 3.8) is 0 Å². The van der Waals surface area contributed by atoms with Gasteiger partial charge in [-0.15, -0.1) is 0 Å². The zero-order valence-corrected chi connectivity index (χ0v) is 7.89. The van der Waals surface area contributed by atoms with Gasteiger partial charge in [0.15, 0.2) is 0 Å². The summed E-state index contributed by atoms with van der Waals surface area (Å²) in [6, 6.07) is 0. The molecular weight excluding hydrogens is 204 g/mol. The third-order valence-corrected chi connectivity index (χ3v) is 2.22. The second-order valence-corrected chi connectivity index (χ2v) is 4.97. The minimum Gasteiger partial charge on any atom is -0.244 e. The van der Waals surface area contributed by atoms with Crippen LogP contribution in [0.1, 0.15) is 18.3 Å². The van der Waals surface area contributed by atoms with Crippen molar-refractivity contribution in [2.45, 2.75) is 19.1 Å². The summed E-state index contributed by atoms with van der Waals surface area (Å²) in [4.78, 5) is 0. The highest BCUT2D eigenvalue weighted by Crippen LogP contribution is 2.10. The summed E-state index contributed by atoms with van der Waals surface area (Å²) in [5.41, 5.74) is 0.812. The van der Waals surface area contributed by atoms with E-state index in [1.165, 1.54) is 0 Å². The molecule has 12 heavy (non-hydrogen) atoms. The first-order chi connectivity index (χ1) is 5.53. The number of rotatable bonds is 3. The highest BCUT2D eigenvalue weighted by atomic mass is 35.7. The lowest BCUT2D eigenvalue weighted by molar-refractivity contribution is 0.301. The maximum Gasteiger partial charge on any atom is 0.238 e. The van der Waals surface area contributed by atoms with Gasteiger partial charge in [-0.2, -0.15) is 0 Å². The van der Waals surface area contributed by atoms with E-state index in [4.69, 9.17) is 10.7 Å². The van der Waals surface area contributed by atoms with Gasteiger partial charge < -0.3 is 0 Å². The fourth-order valence-electron chi connectivity index (χ4n) is 0.766. The largest absolute Gasteiger partial charge is 0.244 e. The number of nitrogens with zero attached hydrogens (tertiary/aromatic N) is 2. The number of hydrogen-bond acceptors (Lipinski definition) is 5. The minimum atomic E-state index is -3.57. The maximum atomic E-state index is 10.6. The quantitative estimate of drug-likeness (QED) is 0.687. The van der Waals surface area contributed by atoms with Crippen molar-refractivity contribution in [3.05, 3.63) is 11.4 Å². The molecule has 0 saturated carbocycles. The van der Waals surface area contributed by atoms with E-state index < -0.39 is 9.05 Å². The Morgan fingerprint density at radius 1 is 1.42 bits per heavy atom. The zero-order chi connectivity index (χ0) is 9.19.